The zero-order chi connectivity index (χ0) is 17.7. The van der Waals surface area contributed by atoms with Crippen LogP contribution in [0.1, 0.15) is 43.5 Å². The van der Waals surface area contributed by atoms with Gasteiger partial charge in [-0.3, -0.25) is 15.6 Å². The van der Waals surface area contributed by atoms with Gasteiger partial charge in [0, 0.05) is 11.6 Å². The molecule has 0 unspecified atom stereocenters. The van der Waals surface area contributed by atoms with E-state index < -0.39 is 0 Å². The van der Waals surface area contributed by atoms with Crippen LogP contribution in [-0.2, 0) is 0 Å². The van der Waals surface area contributed by atoms with Crippen molar-refractivity contribution >= 4 is 39.2 Å². The summed E-state index contributed by atoms with van der Waals surface area (Å²) in [4.78, 5) is 12.2. The fraction of sp³-hybridized carbons (Fsp3) is 0.529. The first-order valence-electron chi connectivity index (χ1n) is 8.12. The van der Waals surface area contributed by atoms with Crippen molar-refractivity contribution in [3.05, 3.63) is 28.2 Å². The smallest absolute Gasteiger partial charge is 0.269 e. The lowest BCUT2D eigenvalue weighted by atomic mass is 9.78. The minimum absolute atomic E-state index is 0.257. The van der Waals surface area contributed by atoms with Crippen LogP contribution in [0.4, 0.5) is 0 Å². The molecule has 0 aromatic heterocycles. The Labute approximate surface area is 157 Å². The number of methoxy groups -OCH3 is 1. The van der Waals surface area contributed by atoms with Gasteiger partial charge in [0.1, 0.15) is 5.75 Å². The van der Waals surface area contributed by atoms with Gasteiger partial charge >= 0.3 is 0 Å². The van der Waals surface area contributed by atoms with Crippen LogP contribution in [0.15, 0.2) is 22.7 Å². The molecule has 7 heteroatoms. The van der Waals surface area contributed by atoms with Crippen LogP contribution in [-0.4, -0.2) is 24.2 Å². The van der Waals surface area contributed by atoms with Gasteiger partial charge in [-0.15, -0.1) is 0 Å². The van der Waals surface area contributed by atoms with Crippen molar-refractivity contribution in [3.8, 4) is 5.75 Å². The van der Waals surface area contributed by atoms with E-state index in [9.17, 15) is 4.79 Å². The number of hydrogen-bond acceptors (Lipinski definition) is 3. The second kappa shape index (κ2) is 8.67. The Kier molecular flexibility index (Phi) is 6.86. The molecule has 3 N–H and O–H groups in total. The molecule has 1 aromatic rings. The third-order valence-electron chi connectivity index (χ3n) is 4.73. The number of amides is 1. The molecule has 1 amide bonds. The topological polar surface area (TPSA) is 62.4 Å². The third-order valence-corrected chi connectivity index (χ3v) is 5.57. The number of hydrogen-bond donors (Lipinski definition) is 3. The Bertz CT molecular complexity index is 611. The summed E-state index contributed by atoms with van der Waals surface area (Å²) in [6, 6.07) is 5.49. The predicted molar refractivity (Wildman–Crippen MR) is 103 cm³/mol. The molecule has 1 aromatic carbocycles. The summed E-state index contributed by atoms with van der Waals surface area (Å²) < 4.78 is 5.88. The Morgan fingerprint density at radius 3 is 2.71 bits per heavy atom. The van der Waals surface area contributed by atoms with Gasteiger partial charge in [-0.2, -0.15) is 0 Å². The minimum Gasteiger partial charge on any atom is -0.496 e. The zero-order valence-electron chi connectivity index (χ0n) is 14.2. The zero-order valence-corrected chi connectivity index (χ0v) is 16.6. The molecule has 0 bridgehead atoms. The van der Waals surface area contributed by atoms with E-state index in [0.29, 0.717) is 34.3 Å². The molecular formula is C17H24BrN3O2S. The van der Waals surface area contributed by atoms with E-state index in [-0.39, 0.29) is 5.91 Å². The van der Waals surface area contributed by atoms with E-state index in [0.717, 1.165) is 10.9 Å². The van der Waals surface area contributed by atoms with Gasteiger partial charge in [-0.25, -0.2) is 0 Å². The molecule has 1 fully saturated rings. The van der Waals surface area contributed by atoms with E-state index in [1.807, 2.05) is 0 Å². The maximum atomic E-state index is 12.2. The summed E-state index contributed by atoms with van der Waals surface area (Å²) in [5.41, 5.74) is 5.92. The van der Waals surface area contributed by atoms with E-state index in [4.69, 9.17) is 17.0 Å². The molecule has 0 heterocycles. The average molecular weight is 414 g/mol. The van der Waals surface area contributed by atoms with Crippen LogP contribution in [0, 0.1) is 11.8 Å². The summed E-state index contributed by atoms with van der Waals surface area (Å²) in [5.74, 6) is 1.67. The number of ether oxygens (including phenoxy) is 1. The molecule has 3 atom stereocenters. The lowest BCUT2D eigenvalue weighted by Gasteiger charge is -2.35. The molecule has 1 aliphatic rings. The van der Waals surface area contributed by atoms with Crippen molar-refractivity contribution in [2.24, 2.45) is 11.8 Å². The molecule has 132 valence electrons. The molecular weight excluding hydrogens is 390 g/mol. The van der Waals surface area contributed by atoms with Gasteiger partial charge in [0.25, 0.3) is 5.91 Å². The molecule has 0 aliphatic heterocycles. The van der Waals surface area contributed by atoms with Crippen LogP contribution in [0.3, 0.4) is 0 Å². The van der Waals surface area contributed by atoms with Crippen LogP contribution in [0.2, 0.25) is 0 Å². The van der Waals surface area contributed by atoms with E-state index >= 15 is 0 Å². The first-order chi connectivity index (χ1) is 11.4. The van der Waals surface area contributed by atoms with Crippen molar-refractivity contribution < 1.29 is 9.53 Å². The largest absolute Gasteiger partial charge is 0.496 e. The molecule has 1 aliphatic carbocycles. The predicted octanol–water partition coefficient (Wildman–Crippen LogP) is 3.39. The Morgan fingerprint density at radius 2 is 2.04 bits per heavy atom. The van der Waals surface area contributed by atoms with Crippen LogP contribution < -0.4 is 20.9 Å². The monoisotopic (exact) mass is 413 g/mol. The maximum Gasteiger partial charge on any atom is 0.269 e. The standard InChI is InChI=1S/C17H24BrN3O2S/c1-10-5-4-6-14(11(10)2)19-17(24)21-20-16(22)12-7-8-15(23-3)13(18)9-12/h7-11,14H,4-6H2,1-3H3,(H,20,22)(H2,19,21,24)/t10-,11-,14+/m1/s1. The number of hydrazine groups is 1. The summed E-state index contributed by atoms with van der Waals surface area (Å²) in [6.07, 6.45) is 3.58. The molecule has 0 spiro atoms. The van der Waals surface area contributed by atoms with Gasteiger partial charge in [0.15, 0.2) is 5.11 Å². The van der Waals surface area contributed by atoms with Gasteiger partial charge in [0.05, 0.1) is 11.6 Å². The van der Waals surface area contributed by atoms with Crippen molar-refractivity contribution in [2.75, 3.05) is 7.11 Å². The Morgan fingerprint density at radius 1 is 1.29 bits per heavy atom. The first kappa shape index (κ1) is 19.0. The number of benzene rings is 1. The lowest BCUT2D eigenvalue weighted by Crippen LogP contribution is -2.52. The van der Waals surface area contributed by atoms with Crippen LogP contribution in [0.5, 0.6) is 5.75 Å². The van der Waals surface area contributed by atoms with Crippen molar-refractivity contribution in [1.29, 1.82) is 0 Å². The maximum absolute atomic E-state index is 12.2. The van der Waals surface area contributed by atoms with Gasteiger partial charge in [-0.05, 0) is 64.6 Å². The second-order valence-corrected chi connectivity index (χ2v) is 7.54. The number of halogens is 1. The minimum atomic E-state index is -0.257. The fourth-order valence-corrected chi connectivity index (χ4v) is 3.73. The lowest BCUT2D eigenvalue weighted by molar-refractivity contribution is 0.0943. The van der Waals surface area contributed by atoms with Crippen molar-refractivity contribution in [3.63, 3.8) is 0 Å². The number of nitrogens with one attached hydrogen (secondary N) is 3. The molecule has 0 saturated heterocycles. The summed E-state index contributed by atoms with van der Waals surface area (Å²) >= 11 is 8.66. The van der Waals surface area contributed by atoms with Crippen molar-refractivity contribution in [1.82, 2.24) is 16.2 Å². The number of carbonyl (C=O) groups is 1. The van der Waals surface area contributed by atoms with Gasteiger partial charge < -0.3 is 10.1 Å². The highest BCUT2D eigenvalue weighted by atomic mass is 79.9. The fourth-order valence-electron chi connectivity index (χ4n) is 2.98. The number of thiocarbonyl (C=S) groups is 1. The van der Waals surface area contributed by atoms with Gasteiger partial charge in [-0.1, -0.05) is 26.7 Å². The van der Waals surface area contributed by atoms with Crippen LogP contribution in [0.25, 0.3) is 0 Å². The summed E-state index contributed by atoms with van der Waals surface area (Å²) in [6.45, 7) is 4.52. The highest BCUT2D eigenvalue weighted by molar-refractivity contribution is 9.10. The van der Waals surface area contributed by atoms with E-state index in [2.05, 4.69) is 45.9 Å². The third kappa shape index (κ3) is 4.83. The number of rotatable bonds is 3. The van der Waals surface area contributed by atoms with E-state index in [1.54, 1.807) is 25.3 Å². The van der Waals surface area contributed by atoms with E-state index in [1.165, 1.54) is 12.8 Å². The normalized spacial score (nSPS) is 23.2. The molecule has 5 nitrogen and oxygen atoms in total. The van der Waals surface area contributed by atoms with Crippen molar-refractivity contribution in [2.45, 2.75) is 39.2 Å². The quantitative estimate of drug-likeness (QED) is 0.523. The SMILES string of the molecule is COc1ccc(C(=O)NNC(=S)N[C@H]2CCC[C@@H](C)[C@H]2C)cc1Br. The van der Waals surface area contributed by atoms with Crippen LogP contribution >= 0.6 is 28.1 Å². The highest BCUT2D eigenvalue weighted by Gasteiger charge is 2.27. The first-order valence-corrected chi connectivity index (χ1v) is 9.33. The van der Waals surface area contributed by atoms with Gasteiger partial charge in [0.2, 0.25) is 0 Å². The number of carbonyl (C=O) groups excluding carboxylic acids is 1. The summed E-state index contributed by atoms with van der Waals surface area (Å²) in [5, 5.41) is 3.76. The summed E-state index contributed by atoms with van der Waals surface area (Å²) in [7, 11) is 1.58. The Balaban J connectivity index is 1.85. The Hall–Kier alpha value is -1.34. The molecule has 24 heavy (non-hydrogen) atoms. The second-order valence-electron chi connectivity index (χ2n) is 6.28. The molecule has 1 saturated carbocycles. The highest BCUT2D eigenvalue weighted by Crippen LogP contribution is 2.29. The molecule has 2 rings (SSSR count). The average Bonchev–Trinajstić information content (AvgIpc) is 2.56. The molecule has 0 radical (unpaired) electrons.